The molecule has 0 bridgehead atoms. The fourth-order valence-corrected chi connectivity index (χ4v) is 6.31. The van der Waals surface area contributed by atoms with Crippen molar-refractivity contribution in [1.29, 1.82) is 0 Å². The SMILES string of the molecule is NC(=NCCC[C@H](NC(=O)OCC1c2ccccc2-c2ccccc21)C(=O)O)NC(=O)OCC1c2ccccc2-c2ccccc21. The molecule has 0 unspecified atom stereocenters. The molecule has 0 radical (unpaired) electrons. The number of carbonyl (C=O) groups excluding carboxylic acids is 2. The Morgan fingerprint density at radius 1 is 0.696 bits per heavy atom. The molecule has 2 aliphatic carbocycles. The van der Waals surface area contributed by atoms with Gasteiger partial charge in [0, 0.05) is 18.4 Å². The first-order valence-electron chi connectivity index (χ1n) is 15.2. The molecule has 46 heavy (non-hydrogen) atoms. The molecular formula is C36H34N4O6. The number of aliphatic imine (C=N–C) groups is 1. The third kappa shape index (κ3) is 6.41. The molecule has 10 nitrogen and oxygen atoms in total. The summed E-state index contributed by atoms with van der Waals surface area (Å²) in [5, 5.41) is 14.5. The van der Waals surface area contributed by atoms with E-state index >= 15 is 0 Å². The predicted molar refractivity (Wildman–Crippen MR) is 174 cm³/mol. The monoisotopic (exact) mass is 618 g/mol. The van der Waals surface area contributed by atoms with Crippen LogP contribution in [0.15, 0.2) is 102 Å². The lowest BCUT2D eigenvalue weighted by molar-refractivity contribution is -0.139. The normalized spacial score (nSPS) is 14.0. The van der Waals surface area contributed by atoms with Crippen LogP contribution in [-0.4, -0.2) is 55.0 Å². The van der Waals surface area contributed by atoms with E-state index in [1.807, 2.05) is 84.9 Å². The summed E-state index contributed by atoms with van der Waals surface area (Å²) in [5.74, 6) is -1.56. The zero-order valence-electron chi connectivity index (χ0n) is 25.0. The molecule has 234 valence electrons. The van der Waals surface area contributed by atoms with Crippen LogP contribution in [0.4, 0.5) is 9.59 Å². The Labute approximate surface area is 266 Å². The molecule has 4 aromatic rings. The van der Waals surface area contributed by atoms with Crippen molar-refractivity contribution in [1.82, 2.24) is 10.6 Å². The van der Waals surface area contributed by atoms with E-state index in [2.05, 4.69) is 27.8 Å². The Balaban J connectivity index is 0.946. The number of hydrogen-bond donors (Lipinski definition) is 4. The second-order valence-electron chi connectivity index (χ2n) is 11.2. The van der Waals surface area contributed by atoms with Gasteiger partial charge in [0.05, 0.1) is 0 Å². The van der Waals surface area contributed by atoms with Crippen LogP contribution in [0.3, 0.4) is 0 Å². The van der Waals surface area contributed by atoms with E-state index in [9.17, 15) is 19.5 Å². The highest BCUT2D eigenvalue weighted by Gasteiger charge is 2.31. The maximum absolute atomic E-state index is 12.6. The summed E-state index contributed by atoms with van der Waals surface area (Å²) >= 11 is 0. The molecule has 0 fully saturated rings. The number of aliphatic carboxylic acids is 1. The van der Waals surface area contributed by atoms with Crippen molar-refractivity contribution in [2.45, 2.75) is 30.7 Å². The second kappa shape index (κ2) is 13.6. The number of nitrogens with two attached hydrogens (primary N) is 1. The number of carbonyl (C=O) groups is 3. The molecule has 0 aliphatic heterocycles. The Morgan fingerprint density at radius 2 is 1.11 bits per heavy atom. The first kappa shape index (κ1) is 30.4. The van der Waals surface area contributed by atoms with Crippen LogP contribution in [0.5, 0.6) is 0 Å². The molecule has 6 rings (SSSR count). The number of alkyl carbamates (subject to hydrolysis) is 2. The van der Waals surface area contributed by atoms with Crippen LogP contribution < -0.4 is 16.4 Å². The van der Waals surface area contributed by atoms with E-state index < -0.39 is 24.2 Å². The molecule has 2 amide bonds. The molecule has 10 heteroatoms. The second-order valence-corrected chi connectivity index (χ2v) is 11.2. The highest BCUT2D eigenvalue weighted by atomic mass is 16.6. The number of amides is 2. The maximum Gasteiger partial charge on any atom is 0.413 e. The van der Waals surface area contributed by atoms with Gasteiger partial charge in [0.1, 0.15) is 19.3 Å². The van der Waals surface area contributed by atoms with Gasteiger partial charge >= 0.3 is 18.2 Å². The third-order valence-electron chi connectivity index (χ3n) is 8.44. The van der Waals surface area contributed by atoms with E-state index in [1.165, 1.54) is 0 Å². The first-order chi connectivity index (χ1) is 22.4. The van der Waals surface area contributed by atoms with Crippen LogP contribution >= 0.6 is 0 Å². The quantitative estimate of drug-likeness (QED) is 0.102. The molecule has 0 spiro atoms. The zero-order valence-corrected chi connectivity index (χ0v) is 25.0. The lowest BCUT2D eigenvalue weighted by atomic mass is 9.98. The van der Waals surface area contributed by atoms with Crippen molar-refractivity contribution >= 4 is 24.1 Å². The number of nitrogens with zero attached hydrogens (tertiary/aromatic N) is 1. The van der Waals surface area contributed by atoms with Crippen LogP contribution in [-0.2, 0) is 14.3 Å². The van der Waals surface area contributed by atoms with E-state index in [-0.39, 0.29) is 50.4 Å². The summed E-state index contributed by atoms with van der Waals surface area (Å²) in [6.45, 7) is 0.342. The molecule has 4 aromatic carbocycles. The van der Waals surface area contributed by atoms with Gasteiger partial charge in [0.25, 0.3) is 0 Å². The van der Waals surface area contributed by atoms with Gasteiger partial charge in [-0.25, -0.2) is 14.4 Å². The standard InChI is InChI=1S/C36H34N4O6/c37-34(40-36(44)46-21-31-28-16-7-3-12-24(28)25-13-4-8-17-29(25)31)38-19-9-18-32(33(41)42)39-35(43)45-20-30-26-14-5-1-10-22(26)23-11-2-6-15-27(23)30/h1-8,10-17,30-32H,9,18-21H2,(H,39,43)(H,41,42)(H3,37,38,40,44)/t32-/m0/s1. The first-order valence-corrected chi connectivity index (χ1v) is 15.2. The lowest BCUT2D eigenvalue weighted by Gasteiger charge is -2.17. The molecule has 1 atom stereocenters. The van der Waals surface area contributed by atoms with Crippen molar-refractivity contribution in [3.05, 3.63) is 119 Å². The van der Waals surface area contributed by atoms with Gasteiger partial charge in [-0.15, -0.1) is 0 Å². The number of hydrogen-bond acceptors (Lipinski definition) is 6. The topological polar surface area (TPSA) is 152 Å². The molecule has 0 heterocycles. The Kier molecular flexibility index (Phi) is 8.96. The van der Waals surface area contributed by atoms with Crippen molar-refractivity contribution in [2.24, 2.45) is 10.7 Å². The number of nitrogens with one attached hydrogen (secondary N) is 2. The summed E-state index contributed by atoms with van der Waals surface area (Å²) in [7, 11) is 0. The van der Waals surface area contributed by atoms with E-state index in [1.54, 1.807) is 0 Å². The van der Waals surface area contributed by atoms with Gasteiger partial charge in [-0.3, -0.25) is 10.3 Å². The fourth-order valence-electron chi connectivity index (χ4n) is 6.31. The molecule has 0 saturated heterocycles. The highest BCUT2D eigenvalue weighted by Crippen LogP contribution is 2.45. The minimum absolute atomic E-state index is 0.0779. The van der Waals surface area contributed by atoms with Crippen molar-refractivity contribution < 1.29 is 29.0 Å². The van der Waals surface area contributed by atoms with Crippen molar-refractivity contribution in [2.75, 3.05) is 19.8 Å². The largest absolute Gasteiger partial charge is 0.480 e. The average Bonchev–Trinajstić information content (AvgIpc) is 3.56. The number of benzene rings is 4. The lowest BCUT2D eigenvalue weighted by Crippen LogP contribution is -2.41. The predicted octanol–water partition coefficient (Wildman–Crippen LogP) is 5.61. The summed E-state index contributed by atoms with van der Waals surface area (Å²) in [5.41, 5.74) is 14.6. The minimum Gasteiger partial charge on any atom is -0.480 e. The minimum atomic E-state index is -1.19. The van der Waals surface area contributed by atoms with Gasteiger partial charge in [-0.2, -0.15) is 0 Å². The molecule has 2 aliphatic rings. The molecular weight excluding hydrogens is 584 g/mol. The highest BCUT2D eigenvalue weighted by molar-refractivity contribution is 5.93. The van der Waals surface area contributed by atoms with Gasteiger partial charge in [0.2, 0.25) is 0 Å². The van der Waals surface area contributed by atoms with Crippen molar-refractivity contribution in [3.63, 3.8) is 0 Å². The van der Waals surface area contributed by atoms with Gasteiger partial charge in [-0.1, -0.05) is 97.1 Å². The van der Waals surface area contributed by atoms with Gasteiger partial charge in [-0.05, 0) is 57.3 Å². The summed E-state index contributed by atoms with van der Waals surface area (Å²) in [6, 6.07) is 30.8. The summed E-state index contributed by atoms with van der Waals surface area (Å²) in [4.78, 5) is 41.0. The van der Waals surface area contributed by atoms with Crippen LogP contribution in [0, 0.1) is 0 Å². The number of fused-ring (bicyclic) bond motifs is 6. The third-order valence-corrected chi connectivity index (χ3v) is 8.44. The molecule has 0 aromatic heterocycles. The number of carboxylic acid groups (broad SMARTS) is 1. The number of ether oxygens (including phenoxy) is 2. The average molecular weight is 619 g/mol. The van der Waals surface area contributed by atoms with E-state index in [4.69, 9.17) is 15.2 Å². The van der Waals surface area contributed by atoms with E-state index in [0.29, 0.717) is 0 Å². The van der Waals surface area contributed by atoms with Crippen LogP contribution in [0.25, 0.3) is 22.3 Å². The fraction of sp³-hybridized carbons (Fsp3) is 0.222. The smallest absolute Gasteiger partial charge is 0.413 e. The molecule has 5 N–H and O–H groups in total. The maximum atomic E-state index is 12.6. The molecule has 0 saturated carbocycles. The van der Waals surface area contributed by atoms with Crippen molar-refractivity contribution in [3.8, 4) is 22.3 Å². The van der Waals surface area contributed by atoms with E-state index in [0.717, 1.165) is 44.5 Å². The van der Waals surface area contributed by atoms with Gasteiger partial charge in [0.15, 0.2) is 5.96 Å². The summed E-state index contributed by atoms with van der Waals surface area (Å²) in [6.07, 6.45) is -1.17. The Morgan fingerprint density at radius 3 is 1.54 bits per heavy atom. The number of rotatable bonds is 10. The Bertz CT molecular complexity index is 1710. The number of guanidine groups is 1. The summed E-state index contributed by atoms with van der Waals surface area (Å²) < 4.78 is 11.0. The van der Waals surface area contributed by atoms with Crippen LogP contribution in [0.2, 0.25) is 0 Å². The Hall–Kier alpha value is -5.64. The zero-order chi connectivity index (χ0) is 32.0. The number of carboxylic acids is 1. The van der Waals surface area contributed by atoms with Gasteiger partial charge < -0.3 is 25.6 Å². The van der Waals surface area contributed by atoms with Crippen LogP contribution in [0.1, 0.15) is 46.9 Å².